The van der Waals surface area contributed by atoms with Crippen molar-refractivity contribution < 1.29 is 13.2 Å². The van der Waals surface area contributed by atoms with E-state index in [-0.39, 0.29) is 29.3 Å². The number of carbonyl (C=O) groups is 1. The third kappa shape index (κ3) is 6.13. The second-order valence-corrected chi connectivity index (χ2v) is 14.8. The predicted molar refractivity (Wildman–Crippen MR) is 182 cm³/mol. The molecule has 3 unspecified atom stereocenters. The van der Waals surface area contributed by atoms with Crippen molar-refractivity contribution in [3.8, 4) is 0 Å². The second kappa shape index (κ2) is 12.6. The number of rotatable bonds is 7. The Labute approximate surface area is 271 Å². The summed E-state index contributed by atoms with van der Waals surface area (Å²) in [5, 5.41) is 7.14. The largest absolute Gasteiger partial charge is 0.378 e. The van der Waals surface area contributed by atoms with Crippen molar-refractivity contribution in [1.82, 2.24) is 9.31 Å². The molecule has 1 aliphatic carbocycles. The molecule has 3 aliphatic rings. The molecule has 45 heavy (non-hydrogen) atoms. The molecule has 1 saturated heterocycles. The monoisotopic (exact) mass is 645 g/mol. The molecule has 0 aromatic heterocycles. The predicted octanol–water partition coefficient (Wildman–Crippen LogP) is 6.45. The minimum absolute atomic E-state index is 0.0166. The topological polar surface area (TPSA) is 76.5 Å². The molecule has 0 spiro atoms. The summed E-state index contributed by atoms with van der Waals surface area (Å²) < 4.78 is 28.9. The number of sulfonamides is 1. The Bertz CT molecular complexity index is 1720. The number of hydrogen-bond donors (Lipinski definition) is 0. The zero-order valence-electron chi connectivity index (χ0n) is 26.2. The van der Waals surface area contributed by atoms with E-state index in [0.717, 1.165) is 53.0 Å². The second-order valence-electron chi connectivity index (χ2n) is 12.5. The van der Waals surface area contributed by atoms with Crippen molar-refractivity contribution in [1.29, 1.82) is 0 Å². The van der Waals surface area contributed by atoms with Crippen molar-refractivity contribution in [2.45, 2.75) is 49.1 Å². The van der Waals surface area contributed by atoms with Crippen LogP contribution in [0, 0.1) is 5.92 Å². The van der Waals surface area contributed by atoms with Gasteiger partial charge in [0.05, 0.1) is 16.6 Å². The highest BCUT2D eigenvalue weighted by Crippen LogP contribution is 2.46. The lowest BCUT2D eigenvalue weighted by atomic mass is 9.77. The molecular weight excluding hydrogens is 606 g/mol. The first-order chi connectivity index (χ1) is 21.5. The van der Waals surface area contributed by atoms with Gasteiger partial charge in [0, 0.05) is 57.1 Å². The van der Waals surface area contributed by atoms with Crippen LogP contribution < -0.4 is 9.80 Å². The standard InChI is InChI=1S/C35H40ClN5O3S/c1-38(2)28-16-10-24(11-17-28)23-26-7-5-8-31-33(26)37-41(34(31)25-12-18-29(19-13-25)39(3)4)35(42)32-9-6-22-40(32)45(43,44)30-20-14-27(36)15-21-30/h10-21,23,31-32,34H,5-9,22H2,1-4H3/b26-23+. The molecule has 6 rings (SSSR count). The molecule has 3 aromatic rings. The number of hydrogen-bond acceptors (Lipinski definition) is 6. The number of hydrazone groups is 1. The highest BCUT2D eigenvalue weighted by Gasteiger charge is 2.48. The van der Waals surface area contributed by atoms with Gasteiger partial charge >= 0.3 is 0 Å². The Kier molecular flexibility index (Phi) is 8.78. The maximum atomic E-state index is 14.5. The third-order valence-electron chi connectivity index (χ3n) is 9.14. The van der Waals surface area contributed by atoms with Crippen LogP contribution >= 0.6 is 11.6 Å². The molecule has 3 atom stereocenters. The van der Waals surface area contributed by atoms with E-state index >= 15 is 0 Å². The van der Waals surface area contributed by atoms with Gasteiger partial charge in [0.1, 0.15) is 6.04 Å². The molecule has 8 nitrogen and oxygen atoms in total. The molecule has 2 fully saturated rings. The SMILES string of the molecule is CN(C)c1ccc(/C=C2\CCCC3C2=NN(C(=O)C2CCCN2S(=O)(=O)c2ccc(Cl)cc2)C3c2ccc(N(C)C)cc2)cc1. The molecule has 3 aromatic carbocycles. The Morgan fingerprint density at radius 1 is 0.867 bits per heavy atom. The van der Waals surface area contributed by atoms with Crippen LogP contribution in [0.2, 0.25) is 5.02 Å². The molecule has 0 bridgehead atoms. The van der Waals surface area contributed by atoms with E-state index in [9.17, 15) is 13.2 Å². The average molecular weight is 646 g/mol. The molecule has 2 aliphatic heterocycles. The van der Waals surface area contributed by atoms with Gasteiger partial charge in [0.2, 0.25) is 10.0 Å². The van der Waals surface area contributed by atoms with Gasteiger partial charge in [-0.15, -0.1) is 0 Å². The zero-order chi connectivity index (χ0) is 31.9. The Morgan fingerprint density at radius 3 is 2.11 bits per heavy atom. The normalized spacial score (nSPS) is 22.8. The average Bonchev–Trinajstić information content (AvgIpc) is 3.68. The van der Waals surface area contributed by atoms with Crippen LogP contribution in [0.4, 0.5) is 11.4 Å². The van der Waals surface area contributed by atoms with Crippen molar-refractivity contribution >= 4 is 50.7 Å². The molecular formula is C35H40ClN5O3S. The highest BCUT2D eigenvalue weighted by atomic mass is 35.5. The summed E-state index contributed by atoms with van der Waals surface area (Å²) in [6.45, 7) is 0.283. The van der Waals surface area contributed by atoms with E-state index in [1.165, 1.54) is 16.4 Å². The zero-order valence-corrected chi connectivity index (χ0v) is 27.8. The van der Waals surface area contributed by atoms with E-state index < -0.39 is 16.1 Å². The van der Waals surface area contributed by atoms with E-state index in [0.29, 0.717) is 17.9 Å². The number of carbonyl (C=O) groups excluding carboxylic acids is 1. The molecule has 2 heterocycles. The number of fused-ring (bicyclic) bond motifs is 1. The van der Waals surface area contributed by atoms with Gasteiger partial charge in [0.25, 0.3) is 5.91 Å². The fourth-order valence-corrected chi connectivity index (χ4v) is 8.50. The summed E-state index contributed by atoms with van der Waals surface area (Å²) in [4.78, 5) is 18.8. The summed E-state index contributed by atoms with van der Waals surface area (Å²) in [6.07, 6.45) is 6.01. The smallest absolute Gasteiger partial charge is 0.261 e. The van der Waals surface area contributed by atoms with Gasteiger partial charge in [-0.1, -0.05) is 35.9 Å². The van der Waals surface area contributed by atoms with Gasteiger partial charge in [-0.3, -0.25) is 4.79 Å². The minimum atomic E-state index is -3.91. The molecule has 0 radical (unpaired) electrons. The summed E-state index contributed by atoms with van der Waals surface area (Å²) in [7, 11) is 4.14. The highest BCUT2D eigenvalue weighted by molar-refractivity contribution is 7.89. The lowest BCUT2D eigenvalue weighted by Gasteiger charge is -2.32. The van der Waals surface area contributed by atoms with Gasteiger partial charge in [-0.2, -0.15) is 9.41 Å². The van der Waals surface area contributed by atoms with E-state index in [1.54, 1.807) is 17.1 Å². The van der Waals surface area contributed by atoms with Crippen molar-refractivity contribution in [3.05, 3.63) is 94.5 Å². The number of nitrogens with zero attached hydrogens (tertiary/aromatic N) is 5. The summed E-state index contributed by atoms with van der Waals surface area (Å²) in [5.74, 6) is -0.258. The van der Waals surface area contributed by atoms with E-state index in [2.05, 4.69) is 59.5 Å². The van der Waals surface area contributed by atoms with Crippen molar-refractivity contribution in [2.75, 3.05) is 44.5 Å². The summed E-state index contributed by atoms with van der Waals surface area (Å²) in [5.41, 5.74) is 6.34. The summed E-state index contributed by atoms with van der Waals surface area (Å²) in [6, 6.07) is 21.7. The molecule has 10 heteroatoms. The van der Waals surface area contributed by atoms with E-state index in [4.69, 9.17) is 16.7 Å². The Morgan fingerprint density at radius 2 is 1.49 bits per heavy atom. The van der Waals surface area contributed by atoms with Crippen LogP contribution in [0.15, 0.2) is 88.4 Å². The quantitative estimate of drug-likeness (QED) is 0.295. The molecule has 236 valence electrons. The maximum Gasteiger partial charge on any atom is 0.261 e. The fourth-order valence-electron chi connectivity index (χ4n) is 6.72. The number of amides is 1. The summed E-state index contributed by atoms with van der Waals surface area (Å²) >= 11 is 6.04. The van der Waals surface area contributed by atoms with Gasteiger partial charge in [-0.25, -0.2) is 13.4 Å². The number of anilines is 2. The first kappa shape index (κ1) is 31.3. The lowest BCUT2D eigenvalue weighted by molar-refractivity contribution is -0.137. The molecule has 1 amide bonds. The molecule has 0 N–H and O–H groups in total. The van der Waals surface area contributed by atoms with Crippen LogP contribution in [0.3, 0.4) is 0 Å². The fraction of sp³-hybridized carbons (Fsp3) is 0.371. The number of halogens is 1. The lowest BCUT2D eigenvalue weighted by Crippen LogP contribution is -2.46. The first-order valence-corrected chi connectivity index (χ1v) is 17.3. The van der Waals surface area contributed by atoms with Crippen LogP contribution in [0.1, 0.15) is 49.3 Å². The van der Waals surface area contributed by atoms with Gasteiger partial charge in [0.15, 0.2) is 0 Å². The van der Waals surface area contributed by atoms with Crippen LogP contribution in [0.5, 0.6) is 0 Å². The minimum Gasteiger partial charge on any atom is -0.378 e. The van der Waals surface area contributed by atoms with Crippen molar-refractivity contribution in [2.24, 2.45) is 11.0 Å². The maximum absolute atomic E-state index is 14.5. The molecule has 1 saturated carbocycles. The van der Waals surface area contributed by atoms with Gasteiger partial charge in [-0.05, 0) is 103 Å². The van der Waals surface area contributed by atoms with Crippen molar-refractivity contribution in [3.63, 3.8) is 0 Å². The Balaban J connectivity index is 1.38. The third-order valence-corrected chi connectivity index (χ3v) is 11.3. The van der Waals surface area contributed by atoms with Gasteiger partial charge < -0.3 is 9.80 Å². The van der Waals surface area contributed by atoms with Crippen LogP contribution in [-0.4, -0.2) is 70.1 Å². The van der Waals surface area contributed by atoms with Crippen LogP contribution in [-0.2, 0) is 14.8 Å². The number of allylic oxidation sites excluding steroid dienone is 1. The number of benzene rings is 3. The van der Waals surface area contributed by atoms with E-state index in [1.807, 2.05) is 33.1 Å². The van der Waals surface area contributed by atoms with Crippen LogP contribution in [0.25, 0.3) is 6.08 Å². The Hall–Kier alpha value is -3.66. The first-order valence-electron chi connectivity index (χ1n) is 15.5.